The van der Waals surface area contributed by atoms with E-state index in [4.69, 9.17) is 0 Å². The third kappa shape index (κ3) is 2.37. The van der Waals surface area contributed by atoms with Gasteiger partial charge in [0.25, 0.3) is 0 Å². The Bertz CT molecular complexity index is 417. The van der Waals surface area contributed by atoms with Gasteiger partial charge in [0.15, 0.2) is 0 Å². The Morgan fingerprint density at radius 3 is 1.71 bits per heavy atom. The number of halogens is 5. The smallest absolute Gasteiger partial charge is 0.386 e. The van der Waals surface area contributed by atoms with Crippen molar-refractivity contribution in [1.29, 1.82) is 0 Å². The second-order valence-electron chi connectivity index (χ2n) is 6.90. The Morgan fingerprint density at radius 1 is 0.905 bits per heavy atom. The van der Waals surface area contributed by atoms with E-state index in [1.165, 1.54) is 0 Å². The summed E-state index contributed by atoms with van der Waals surface area (Å²) in [5.41, 5.74) is 0. The van der Waals surface area contributed by atoms with Crippen LogP contribution in [0.25, 0.3) is 0 Å². The van der Waals surface area contributed by atoms with E-state index in [2.05, 4.69) is 0 Å². The van der Waals surface area contributed by atoms with Crippen molar-refractivity contribution in [3.05, 3.63) is 0 Å². The molecule has 0 saturated heterocycles. The van der Waals surface area contributed by atoms with Gasteiger partial charge in [-0.3, -0.25) is 4.79 Å². The molecule has 0 aromatic heterocycles. The van der Waals surface area contributed by atoms with E-state index in [0.717, 1.165) is 6.42 Å². The first-order valence-corrected chi connectivity index (χ1v) is 7.28. The van der Waals surface area contributed by atoms with Gasteiger partial charge in [-0.05, 0) is 61.7 Å². The van der Waals surface area contributed by atoms with Gasteiger partial charge in [-0.1, -0.05) is 0 Å². The number of aliphatic hydroxyl groups is 1. The van der Waals surface area contributed by atoms with Crippen molar-refractivity contribution >= 4 is 5.78 Å². The van der Waals surface area contributed by atoms with Gasteiger partial charge in [-0.2, -0.15) is 22.0 Å². The summed E-state index contributed by atoms with van der Waals surface area (Å²) in [7, 11) is 0. The molecule has 0 radical (unpaired) electrons. The van der Waals surface area contributed by atoms with Crippen LogP contribution in [0.1, 0.15) is 32.1 Å². The van der Waals surface area contributed by atoms with E-state index in [1.54, 1.807) is 0 Å². The van der Waals surface area contributed by atoms with Crippen molar-refractivity contribution in [2.45, 2.75) is 50.3 Å². The maximum atomic E-state index is 13.8. The highest BCUT2D eigenvalue weighted by molar-refractivity contribution is 5.91. The number of hydrogen-bond acceptors (Lipinski definition) is 2. The zero-order chi connectivity index (χ0) is 15.6. The van der Waals surface area contributed by atoms with Gasteiger partial charge in [0.2, 0.25) is 0 Å². The first-order valence-electron chi connectivity index (χ1n) is 7.28. The maximum absolute atomic E-state index is 13.8. The van der Waals surface area contributed by atoms with Crippen LogP contribution in [0.2, 0.25) is 0 Å². The molecule has 4 aliphatic rings. The zero-order valence-corrected chi connectivity index (χ0v) is 11.2. The molecule has 0 spiro atoms. The largest absolute Gasteiger partial charge is 0.456 e. The molecule has 0 aliphatic heterocycles. The minimum Gasteiger partial charge on any atom is -0.386 e. The van der Waals surface area contributed by atoms with Crippen LogP contribution >= 0.6 is 0 Å². The molecule has 4 saturated carbocycles. The molecule has 21 heavy (non-hydrogen) atoms. The third-order valence-electron chi connectivity index (χ3n) is 5.60. The summed E-state index contributed by atoms with van der Waals surface area (Å²) in [6, 6.07) is 0. The minimum atomic E-state index is -5.63. The molecule has 1 N–H and O–H groups in total. The summed E-state index contributed by atoms with van der Waals surface area (Å²) in [6.45, 7) is 0. The van der Waals surface area contributed by atoms with Crippen molar-refractivity contribution in [1.82, 2.24) is 0 Å². The van der Waals surface area contributed by atoms with Gasteiger partial charge in [0.1, 0.15) is 6.10 Å². The number of carbonyl (C=O) groups excluding carboxylic acids is 1. The van der Waals surface area contributed by atoms with Gasteiger partial charge < -0.3 is 5.11 Å². The van der Waals surface area contributed by atoms with Crippen LogP contribution < -0.4 is 0 Å². The molecule has 0 aromatic carbocycles. The van der Waals surface area contributed by atoms with E-state index in [-0.39, 0.29) is 11.8 Å². The van der Waals surface area contributed by atoms with Gasteiger partial charge in [-0.15, -0.1) is 0 Å². The topological polar surface area (TPSA) is 37.3 Å². The average Bonchev–Trinajstić information content (AvgIpc) is 2.35. The van der Waals surface area contributed by atoms with Crippen LogP contribution in [0.15, 0.2) is 0 Å². The fraction of sp³-hybridized carbons (Fsp3) is 0.929. The van der Waals surface area contributed by atoms with E-state index in [1.807, 2.05) is 0 Å². The number of ketones is 1. The highest BCUT2D eigenvalue weighted by Gasteiger charge is 2.63. The first kappa shape index (κ1) is 15.2. The monoisotopic (exact) mass is 312 g/mol. The normalized spacial score (nSPS) is 40.4. The Balaban J connectivity index is 1.82. The van der Waals surface area contributed by atoms with Crippen LogP contribution in [0.5, 0.6) is 0 Å². The molecule has 4 aliphatic carbocycles. The summed E-state index contributed by atoms with van der Waals surface area (Å²) >= 11 is 0. The van der Waals surface area contributed by atoms with Gasteiger partial charge in [0, 0.05) is 0 Å². The van der Waals surface area contributed by atoms with E-state index >= 15 is 0 Å². The fourth-order valence-corrected chi connectivity index (χ4v) is 5.05. The van der Waals surface area contributed by atoms with Crippen molar-refractivity contribution in [2.24, 2.45) is 29.6 Å². The third-order valence-corrected chi connectivity index (χ3v) is 5.60. The molecule has 2 nitrogen and oxygen atoms in total. The van der Waals surface area contributed by atoms with Crippen molar-refractivity contribution in [3.8, 4) is 0 Å². The number of alkyl halides is 5. The lowest BCUT2D eigenvalue weighted by molar-refractivity contribution is -0.223. The van der Waals surface area contributed by atoms with E-state index in [9.17, 15) is 31.9 Å². The highest BCUT2D eigenvalue weighted by Crippen LogP contribution is 2.58. The average molecular weight is 312 g/mol. The molecule has 7 heteroatoms. The van der Waals surface area contributed by atoms with E-state index in [0.29, 0.717) is 37.5 Å². The standard InChI is InChI=1S/C14H17F5O2/c15-13(16,12(21)14(17,18)19)11(20)10-8-2-6-1-7(4-8)5-9(10)3-6/h6-11,20H,1-5H2. The molecule has 4 rings (SSSR count). The Morgan fingerprint density at radius 2 is 1.33 bits per heavy atom. The first-order chi connectivity index (χ1) is 9.60. The Hall–Kier alpha value is -0.720. The number of aliphatic hydroxyl groups excluding tert-OH is 1. The second-order valence-corrected chi connectivity index (χ2v) is 6.90. The number of Topliss-reactive ketones (excluding diaryl/α,β-unsaturated/α-hetero) is 1. The lowest BCUT2D eigenvalue weighted by atomic mass is 9.50. The van der Waals surface area contributed by atoms with Gasteiger partial charge in [-0.25, -0.2) is 0 Å². The van der Waals surface area contributed by atoms with Crippen LogP contribution in [0.3, 0.4) is 0 Å². The molecule has 0 aromatic rings. The summed E-state index contributed by atoms with van der Waals surface area (Å²) in [5.74, 6) is -8.23. The van der Waals surface area contributed by atoms with Gasteiger partial charge >= 0.3 is 17.9 Å². The number of hydrogen-bond donors (Lipinski definition) is 1. The molecular weight excluding hydrogens is 295 g/mol. The quantitative estimate of drug-likeness (QED) is 0.813. The molecule has 4 fully saturated rings. The minimum absolute atomic E-state index is 0.178. The molecule has 1 atom stereocenters. The van der Waals surface area contributed by atoms with Crippen LogP contribution in [0, 0.1) is 29.6 Å². The Kier molecular flexibility index (Phi) is 3.35. The summed E-state index contributed by atoms with van der Waals surface area (Å²) in [6.07, 6.45) is -4.35. The van der Waals surface area contributed by atoms with Gasteiger partial charge in [0.05, 0.1) is 0 Å². The zero-order valence-electron chi connectivity index (χ0n) is 11.2. The second kappa shape index (κ2) is 4.64. The number of carbonyl (C=O) groups is 1. The molecule has 120 valence electrons. The lowest BCUT2D eigenvalue weighted by Gasteiger charge is -2.56. The maximum Gasteiger partial charge on any atom is 0.456 e. The summed E-state index contributed by atoms with van der Waals surface area (Å²) in [4.78, 5) is 10.9. The van der Waals surface area contributed by atoms with E-state index < -0.39 is 29.9 Å². The van der Waals surface area contributed by atoms with Crippen LogP contribution in [-0.2, 0) is 4.79 Å². The number of rotatable bonds is 3. The van der Waals surface area contributed by atoms with Crippen LogP contribution in [-0.4, -0.2) is 29.1 Å². The van der Waals surface area contributed by atoms with Crippen molar-refractivity contribution < 1.29 is 31.9 Å². The SMILES string of the molecule is O=C(C(F)(F)F)C(F)(F)C(O)C1C2CC3CC(C2)CC1C3. The molecule has 0 heterocycles. The highest BCUT2D eigenvalue weighted by atomic mass is 19.4. The van der Waals surface area contributed by atoms with Crippen LogP contribution in [0.4, 0.5) is 22.0 Å². The lowest BCUT2D eigenvalue weighted by Crippen LogP contribution is -2.58. The predicted molar refractivity (Wildman–Crippen MR) is 62.6 cm³/mol. The molecular formula is C14H17F5O2. The summed E-state index contributed by atoms with van der Waals surface area (Å²) in [5, 5.41) is 9.87. The molecule has 4 bridgehead atoms. The predicted octanol–water partition coefficient (Wildman–Crippen LogP) is 3.19. The fourth-order valence-electron chi connectivity index (χ4n) is 5.05. The Labute approximate surface area is 118 Å². The summed E-state index contributed by atoms with van der Waals surface area (Å²) < 4.78 is 64.4. The van der Waals surface area contributed by atoms with Crippen molar-refractivity contribution in [3.63, 3.8) is 0 Å². The molecule has 0 amide bonds. The molecule has 1 unspecified atom stereocenters. The van der Waals surface area contributed by atoms with Crippen molar-refractivity contribution in [2.75, 3.05) is 0 Å².